The van der Waals surface area contributed by atoms with Gasteiger partial charge in [0.2, 0.25) is 5.91 Å². The molecule has 2 aliphatic rings. The summed E-state index contributed by atoms with van der Waals surface area (Å²) in [7, 11) is 0. The van der Waals surface area contributed by atoms with Crippen molar-refractivity contribution in [2.75, 3.05) is 32.7 Å². The quantitative estimate of drug-likeness (QED) is 0.654. The molecule has 5 nitrogen and oxygen atoms in total. The number of hydrogen-bond donors (Lipinski definition) is 2. The predicted octanol–water partition coefficient (Wildman–Crippen LogP) is 3.13. The molecule has 0 aliphatic carbocycles. The average molecular weight is 413 g/mol. The summed E-state index contributed by atoms with van der Waals surface area (Å²) in [5.41, 5.74) is 1.20. The van der Waals surface area contributed by atoms with Crippen LogP contribution in [0.25, 0.3) is 6.08 Å². The van der Waals surface area contributed by atoms with E-state index in [4.69, 9.17) is 0 Å². The highest BCUT2D eigenvalue weighted by atomic mass is 16.2. The van der Waals surface area contributed by atoms with Crippen LogP contribution in [0, 0.1) is 0 Å². The summed E-state index contributed by atoms with van der Waals surface area (Å²) < 4.78 is 0. The van der Waals surface area contributed by atoms with E-state index in [0.29, 0.717) is 12.1 Å². The number of nitrogens with one attached hydrogen (secondary N) is 2. The molecule has 2 aliphatic heterocycles. The van der Waals surface area contributed by atoms with Crippen molar-refractivity contribution in [2.45, 2.75) is 70.6 Å². The lowest BCUT2D eigenvalue weighted by Crippen LogP contribution is -2.47. The van der Waals surface area contributed by atoms with Crippen molar-refractivity contribution >= 4 is 12.0 Å². The van der Waals surface area contributed by atoms with Gasteiger partial charge >= 0.3 is 0 Å². The third kappa shape index (κ3) is 6.93. The normalized spacial score (nSPS) is 24.1. The number of nitrogens with zero attached hydrogens (tertiary/aromatic N) is 2. The van der Waals surface area contributed by atoms with Crippen LogP contribution in [0.1, 0.15) is 52.0 Å². The van der Waals surface area contributed by atoms with Gasteiger partial charge < -0.3 is 15.5 Å². The van der Waals surface area contributed by atoms with Crippen molar-refractivity contribution in [2.24, 2.45) is 0 Å². The Labute approximate surface area is 182 Å². The molecule has 5 heteroatoms. The van der Waals surface area contributed by atoms with E-state index in [0.717, 1.165) is 19.5 Å². The first-order valence-electron chi connectivity index (χ1n) is 11.8. The Balaban J connectivity index is 1.56. The van der Waals surface area contributed by atoms with Gasteiger partial charge in [0.15, 0.2) is 0 Å². The van der Waals surface area contributed by atoms with Crippen molar-refractivity contribution in [3.05, 3.63) is 42.0 Å². The third-order valence-corrected chi connectivity index (χ3v) is 6.19. The molecule has 1 aromatic carbocycles. The van der Waals surface area contributed by atoms with Crippen LogP contribution in [0.15, 0.2) is 36.4 Å². The molecule has 0 saturated carbocycles. The maximum Gasteiger partial charge on any atom is 0.237 e. The second kappa shape index (κ2) is 11.6. The monoisotopic (exact) mass is 412 g/mol. The van der Waals surface area contributed by atoms with Crippen molar-refractivity contribution in [3.63, 3.8) is 0 Å². The van der Waals surface area contributed by atoms with Gasteiger partial charge in [0, 0.05) is 31.2 Å². The fraction of sp³-hybridized carbons (Fsp3) is 0.640. The number of carbonyl (C=O) groups is 1. The minimum Gasteiger partial charge on any atom is -0.353 e. The second-order valence-electron chi connectivity index (χ2n) is 9.16. The van der Waals surface area contributed by atoms with Gasteiger partial charge in [-0.15, -0.1) is 0 Å². The van der Waals surface area contributed by atoms with E-state index >= 15 is 0 Å². The molecule has 166 valence electrons. The molecule has 1 amide bonds. The standard InChI is InChI=1S/C25H40N4O/c1-4-14-28-16-12-22(13-17-28)27-23-18-24(25(30)26-20(2)3)29(19-23)15-8-11-21-9-6-5-7-10-21/h5-11,20,22-24,27H,4,12-19H2,1-3H3,(H,26,30)/b11-8+/t23-,24-/m0/s1. The highest BCUT2D eigenvalue weighted by Crippen LogP contribution is 2.21. The number of piperidine rings is 1. The van der Waals surface area contributed by atoms with Gasteiger partial charge in [-0.2, -0.15) is 0 Å². The van der Waals surface area contributed by atoms with E-state index in [9.17, 15) is 4.79 Å². The molecule has 0 aromatic heterocycles. The number of rotatable bonds is 9. The van der Waals surface area contributed by atoms with Crippen LogP contribution in [-0.2, 0) is 4.79 Å². The number of benzene rings is 1. The molecule has 0 radical (unpaired) electrons. The molecule has 3 rings (SSSR count). The molecule has 2 heterocycles. The molecular weight excluding hydrogens is 372 g/mol. The number of hydrogen-bond acceptors (Lipinski definition) is 4. The Morgan fingerprint density at radius 3 is 2.57 bits per heavy atom. The first-order valence-corrected chi connectivity index (χ1v) is 11.8. The number of likely N-dealkylation sites (tertiary alicyclic amines) is 2. The molecular formula is C25H40N4O. The van der Waals surface area contributed by atoms with Crippen LogP contribution < -0.4 is 10.6 Å². The lowest BCUT2D eigenvalue weighted by atomic mass is 10.0. The number of carbonyl (C=O) groups excluding carboxylic acids is 1. The lowest BCUT2D eigenvalue weighted by molar-refractivity contribution is -0.125. The van der Waals surface area contributed by atoms with Crippen LogP contribution in [0.5, 0.6) is 0 Å². The van der Waals surface area contributed by atoms with Crippen molar-refractivity contribution < 1.29 is 4.79 Å². The van der Waals surface area contributed by atoms with Crippen LogP contribution in [0.3, 0.4) is 0 Å². The van der Waals surface area contributed by atoms with Gasteiger partial charge in [-0.25, -0.2) is 0 Å². The van der Waals surface area contributed by atoms with Gasteiger partial charge in [0.05, 0.1) is 6.04 Å². The summed E-state index contributed by atoms with van der Waals surface area (Å²) in [4.78, 5) is 17.8. The fourth-order valence-electron chi connectivity index (χ4n) is 4.74. The molecule has 2 saturated heterocycles. The topological polar surface area (TPSA) is 47.6 Å². The molecule has 2 N–H and O–H groups in total. The molecule has 30 heavy (non-hydrogen) atoms. The second-order valence-corrected chi connectivity index (χ2v) is 9.16. The Morgan fingerprint density at radius 1 is 1.17 bits per heavy atom. The highest BCUT2D eigenvalue weighted by molar-refractivity contribution is 5.82. The van der Waals surface area contributed by atoms with E-state index in [1.54, 1.807) is 0 Å². The summed E-state index contributed by atoms with van der Waals surface area (Å²) in [6.45, 7) is 11.7. The van der Waals surface area contributed by atoms with Crippen LogP contribution in [-0.4, -0.2) is 72.6 Å². The van der Waals surface area contributed by atoms with E-state index < -0.39 is 0 Å². The Hall–Kier alpha value is -1.69. The smallest absolute Gasteiger partial charge is 0.237 e. The third-order valence-electron chi connectivity index (χ3n) is 6.19. The molecule has 0 bridgehead atoms. The summed E-state index contributed by atoms with van der Waals surface area (Å²) in [6, 6.07) is 11.5. The van der Waals surface area contributed by atoms with Crippen LogP contribution >= 0.6 is 0 Å². The van der Waals surface area contributed by atoms with Gasteiger partial charge in [-0.1, -0.05) is 49.4 Å². The number of amides is 1. The SMILES string of the molecule is CCCN1CCC(N[C@H]2C[C@@H](C(=O)NC(C)C)N(C/C=C/c3ccccc3)C2)CC1. The predicted molar refractivity (Wildman–Crippen MR) is 125 cm³/mol. The minimum atomic E-state index is -0.0505. The van der Waals surface area contributed by atoms with Crippen LogP contribution in [0.2, 0.25) is 0 Å². The van der Waals surface area contributed by atoms with E-state index in [1.165, 1.54) is 44.5 Å². The summed E-state index contributed by atoms with van der Waals surface area (Å²) in [5.74, 6) is 0.167. The Bertz CT molecular complexity index is 667. The van der Waals surface area contributed by atoms with E-state index in [2.05, 4.69) is 63.8 Å². The zero-order chi connectivity index (χ0) is 21.3. The Morgan fingerprint density at radius 2 is 1.90 bits per heavy atom. The molecule has 2 fully saturated rings. The van der Waals surface area contributed by atoms with Gasteiger partial charge in [0.25, 0.3) is 0 Å². The molecule has 2 atom stereocenters. The zero-order valence-corrected chi connectivity index (χ0v) is 19.0. The fourth-order valence-corrected chi connectivity index (χ4v) is 4.74. The first-order chi connectivity index (χ1) is 14.5. The molecule has 0 unspecified atom stereocenters. The molecule has 0 spiro atoms. The maximum atomic E-state index is 12.8. The maximum absolute atomic E-state index is 12.8. The van der Waals surface area contributed by atoms with E-state index in [1.807, 2.05) is 19.9 Å². The summed E-state index contributed by atoms with van der Waals surface area (Å²) in [5, 5.41) is 7.01. The zero-order valence-electron chi connectivity index (χ0n) is 19.0. The summed E-state index contributed by atoms with van der Waals surface area (Å²) in [6.07, 6.45) is 8.91. The minimum absolute atomic E-state index is 0.0505. The highest BCUT2D eigenvalue weighted by Gasteiger charge is 2.37. The van der Waals surface area contributed by atoms with Crippen molar-refractivity contribution in [1.82, 2.24) is 20.4 Å². The lowest BCUT2D eigenvalue weighted by Gasteiger charge is -2.33. The van der Waals surface area contributed by atoms with Crippen molar-refractivity contribution in [1.29, 1.82) is 0 Å². The van der Waals surface area contributed by atoms with Gasteiger partial charge in [-0.3, -0.25) is 9.69 Å². The Kier molecular flexibility index (Phi) is 8.91. The van der Waals surface area contributed by atoms with Crippen LogP contribution in [0.4, 0.5) is 0 Å². The summed E-state index contributed by atoms with van der Waals surface area (Å²) >= 11 is 0. The van der Waals surface area contributed by atoms with Gasteiger partial charge in [-0.05, 0) is 64.7 Å². The average Bonchev–Trinajstić information content (AvgIpc) is 3.13. The van der Waals surface area contributed by atoms with E-state index in [-0.39, 0.29) is 18.0 Å². The van der Waals surface area contributed by atoms with Crippen molar-refractivity contribution in [3.8, 4) is 0 Å². The van der Waals surface area contributed by atoms with Gasteiger partial charge in [0.1, 0.15) is 0 Å². The first kappa shape index (κ1) is 23.0. The molecule has 1 aromatic rings. The largest absolute Gasteiger partial charge is 0.353 e.